The minimum absolute atomic E-state index is 0.0616. The van der Waals surface area contributed by atoms with Crippen LogP contribution in [-0.4, -0.2) is 5.78 Å². The molecule has 0 aliphatic carbocycles. The third-order valence-corrected chi connectivity index (χ3v) is 3.28. The molecule has 1 aliphatic rings. The van der Waals surface area contributed by atoms with E-state index < -0.39 is 5.92 Å². The number of hydrogen-bond donors (Lipinski definition) is 1. The van der Waals surface area contributed by atoms with Crippen molar-refractivity contribution in [1.82, 2.24) is 0 Å². The van der Waals surface area contributed by atoms with Gasteiger partial charge in [-0.2, -0.15) is 5.26 Å². The van der Waals surface area contributed by atoms with E-state index in [-0.39, 0.29) is 17.2 Å². The van der Waals surface area contributed by atoms with Crippen LogP contribution in [0.15, 0.2) is 47.3 Å². The van der Waals surface area contributed by atoms with E-state index in [2.05, 4.69) is 6.07 Å². The number of Topliss-reactive ketones (excluding diaryl/α,β-unsaturated/α-hetero) is 1. The Balaban J connectivity index is 2.67. The van der Waals surface area contributed by atoms with Crippen LogP contribution in [0.4, 0.5) is 0 Å². The number of carbonyl (C=O) groups is 1. The number of nitrogens with two attached hydrogens (primary N) is 1. The zero-order valence-corrected chi connectivity index (χ0v) is 11.7. The smallest absolute Gasteiger partial charge is 0.205 e. The average molecular weight is 270 g/mol. The lowest BCUT2D eigenvalue weighted by molar-refractivity contribution is -0.671. The van der Waals surface area contributed by atoms with Crippen molar-refractivity contribution in [1.29, 1.82) is 5.26 Å². The predicted molar refractivity (Wildman–Crippen MR) is 71.7 cm³/mol. The Bertz CT molecular complexity index is 681. The van der Waals surface area contributed by atoms with Crippen molar-refractivity contribution in [2.45, 2.75) is 19.8 Å². The largest absolute Gasteiger partial charge is 0.445 e. The molecule has 0 spiro atoms. The van der Waals surface area contributed by atoms with Gasteiger partial charge in [-0.3, -0.25) is 4.79 Å². The van der Waals surface area contributed by atoms with Gasteiger partial charge in [-0.25, -0.2) is 4.57 Å². The molecule has 1 aromatic rings. The third-order valence-electron chi connectivity index (χ3n) is 3.28. The first-order valence-electron chi connectivity index (χ1n) is 6.20. The predicted octanol–water partition coefficient (Wildman–Crippen LogP) is 1.18. The van der Waals surface area contributed by atoms with Gasteiger partial charge in [0.15, 0.2) is 18.2 Å². The molecule has 2 heterocycles. The summed E-state index contributed by atoms with van der Waals surface area (Å²) in [4.78, 5) is 11.9. The number of aromatic nitrogens is 1. The van der Waals surface area contributed by atoms with Crippen LogP contribution in [0.1, 0.15) is 25.3 Å². The highest BCUT2D eigenvalue weighted by Crippen LogP contribution is 2.38. The number of allylic oxidation sites excluding steroid dienone is 3. The number of pyridine rings is 1. The summed E-state index contributed by atoms with van der Waals surface area (Å²) in [6.07, 6.45) is 3.75. The quantitative estimate of drug-likeness (QED) is 0.818. The topological polar surface area (TPSA) is 80.0 Å². The molecular weight excluding hydrogens is 254 g/mol. The van der Waals surface area contributed by atoms with Gasteiger partial charge in [-0.05, 0) is 19.9 Å². The van der Waals surface area contributed by atoms with Crippen LogP contribution in [0.3, 0.4) is 0 Å². The van der Waals surface area contributed by atoms with Crippen molar-refractivity contribution in [2.24, 2.45) is 12.8 Å². The Hall–Kier alpha value is -2.61. The van der Waals surface area contributed by atoms with Gasteiger partial charge < -0.3 is 10.5 Å². The lowest BCUT2D eigenvalue weighted by Gasteiger charge is -2.25. The second-order valence-corrected chi connectivity index (χ2v) is 4.75. The minimum atomic E-state index is -0.473. The molecule has 102 valence electrons. The molecule has 0 radical (unpaired) electrons. The molecule has 1 aliphatic heterocycles. The van der Waals surface area contributed by atoms with Crippen molar-refractivity contribution in [3.8, 4) is 6.07 Å². The molecule has 0 saturated heterocycles. The Morgan fingerprint density at radius 2 is 2.25 bits per heavy atom. The van der Waals surface area contributed by atoms with E-state index in [1.54, 1.807) is 6.92 Å². The third kappa shape index (κ3) is 2.28. The molecule has 1 aromatic heterocycles. The summed E-state index contributed by atoms with van der Waals surface area (Å²) in [5.41, 5.74) is 7.37. The number of aryl methyl sites for hydroxylation is 1. The fourth-order valence-corrected chi connectivity index (χ4v) is 2.45. The van der Waals surface area contributed by atoms with Gasteiger partial charge in [0, 0.05) is 17.2 Å². The maximum atomic E-state index is 11.9. The summed E-state index contributed by atoms with van der Waals surface area (Å²) in [5, 5.41) is 9.34. The highest BCUT2D eigenvalue weighted by molar-refractivity contribution is 5.96. The van der Waals surface area contributed by atoms with Gasteiger partial charge >= 0.3 is 0 Å². The lowest BCUT2D eigenvalue weighted by Crippen LogP contribution is -2.29. The van der Waals surface area contributed by atoms with E-state index in [0.29, 0.717) is 11.3 Å². The van der Waals surface area contributed by atoms with Crippen molar-refractivity contribution < 1.29 is 14.1 Å². The van der Waals surface area contributed by atoms with Gasteiger partial charge in [0.2, 0.25) is 5.88 Å². The fraction of sp³-hybridized carbons (Fsp3) is 0.267. The van der Waals surface area contributed by atoms with E-state index in [1.807, 2.05) is 36.1 Å². The van der Waals surface area contributed by atoms with Gasteiger partial charge in [0.1, 0.15) is 24.4 Å². The Morgan fingerprint density at radius 3 is 2.80 bits per heavy atom. The van der Waals surface area contributed by atoms with Crippen LogP contribution in [0.25, 0.3) is 0 Å². The van der Waals surface area contributed by atoms with Gasteiger partial charge in [0.05, 0.1) is 5.92 Å². The van der Waals surface area contributed by atoms with E-state index in [9.17, 15) is 10.1 Å². The molecule has 2 rings (SSSR count). The number of ether oxygens (including phenoxy) is 1. The second-order valence-electron chi connectivity index (χ2n) is 4.75. The van der Waals surface area contributed by atoms with Gasteiger partial charge in [-0.1, -0.05) is 0 Å². The molecule has 0 bridgehead atoms. The molecule has 0 saturated carbocycles. The molecular formula is C15H16N3O2+. The van der Waals surface area contributed by atoms with Crippen LogP contribution in [-0.2, 0) is 16.6 Å². The zero-order chi connectivity index (χ0) is 14.9. The Labute approximate surface area is 117 Å². The first kappa shape index (κ1) is 13.8. The Morgan fingerprint density at radius 1 is 1.55 bits per heavy atom. The Kier molecular flexibility index (Phi) is 3.57. The van der Waals surface area contributed by atoms with Crippen LogP contribution in [0, 0.1) is 11.3 Å². The average Bonchev–Trinajstić information content (AvgIpc) is 2.37. The molecule has 1 unspecified atom stereocenters. The van der Waals surface area contributed by atoms with Crippen LogP contribution in [0.5, 0.6) is 0 Å². The molecule has 20 heavy (non-hydrogen) atoms. The van der Waals surface area contributed by atoms with Crippen molar-refractivity contribution >= 4 is 5.78 Å². The number of rotatable bonds is 2. The molecule has 0 fully saturated rings. The number of carbonyl (C=O) groups excluding carboxylic acids is 1. The number of hydrogen-bond acceptors (Lipinski definition) is 4. The number of nitriles is 1. The first-order chi connectivity index (χ1) is 9.45. The summed E-state index contributed by atoms with van der Waals surface area (Å²) in [5.74, 6) is -0.0880. The normalized spacial score (nSPS) is 18.6. The molecule has 2 N–H and O–H groups in total. The SMILES string of the molecule is CC(=O)C1=C(C)OC(N)=C(C#N)C1c1ccc[n+](C)c1. The summed E-state index contributed by atoms with van der Waals surface area (Å²) >= 11 is 0. The lowest BCUT2D eigenvalue weighted by atomic mass is 9.82. The van der Waals surface area contributed by atoms with E-state index >= 15 is 0 Å². The zero-order valence-electron chi connectivity index (χ0n) is 11.7. The summed E-state index contributed by atoms with van der Waals surface area (Å²) < 4.78 is 7.20. The van der Waals surface area contributed by atoms with Crippen molar-refractivity contribution in [2.75, 3.05) is 0 Å². The van der Waals surface area contributed by atoms with Crippen molar-refractivity contribution in [3.63, 3.8) is 0 Å². The van der Waals surface area contributed by atoms with E-state index in [0.717, 1.165) is 5.56 Å². The highest BCUT2D eigenvalue weighted by atomic mass is 16.5. The summed E-state index contributed by atoms with van der Waals surface area (Å²) in [6, 6.07) is 5.80. The monoisotopic (exact) mass is 270 g/mol. The molecule has 1 atom stereocenters. The van der Waals surface area contributed by atoms with Crippen molar-refractivity contribution in [3.05, 3.63) is 52.9 Å². The van der Waals surface area contributed by atoms with Gasteiger partial charge in [0.25, 0.3) is 0 Å². The number of nitrogens with zero attached hydrogens (tertiary/aromatic N) is 2. The van der Waals surface area contributed by atoms with Crippen LogP contribution >= 0.6 is 0 Å². The summed E-state index contributed by atoms with van der Waals surface area (Å²) in [7, 11) is 1.88. The maximum Gasteiger partial charge on any atom is 0.205 e. The van der Waals surface area contributed by atoms with Crippen LogP contribution < -0.4 is 10.3 Å². The molecule has 5 nitrogen and oxygen atoms in total. The fourth-order valence-electron chi connectivity index (χ4n) is 2.45. The molecule has 5 heteroatoms. The molecule has 0 amide bonds. The number of ketones is 1. The summed E-state index contributed by atoms with van der Waals surface area (Å²) in [6.45, 7) is 3.16. The van der Waals surface area contributed by atoms with E-state index in [1.165, 1.54) is 6.92 Å². The van der Waals surface area contributed by atoms with Crippen LogP contribution in [0.2, 0.25) is 0 Å². The first-order valence-corrected chi connectivity index (χ1v) is 6.20. The maximum absolute atomic E-state index is 11.9. The highest BCUT2D eigenvalue weighted by Gasteiger charge is 2.34. The van der Waals surface area contributed by atoms with Gasteiger partial charge in [-0.15, -0.1) is 0 Å². The molecule has 0 aromatic carbocycles. The second kappa shape index (κ2) is 5.17. The standard InChI is InChI=1S/C15H16N3O2/c1-9(19)13-10(2)20-15(17)12(7-16)14(13)11-5-4-6-18(3)8-11/h4-6,8,14H,17H2,1-3H3/q+1. The van der Waals surface area contributed by atoms with E-state index in [4.69, 9.17) is 10.5 Å². The minimum Gasteiger partial charge on any atom is -0.445 e.